The van der Waals surface area contributed by atoms with Gasteiger partial charge in [0.25, 0.3) is 0 Å². The monoisotopic (exact) mass is 353 g/mol. The van der Waals surface area contributed by atoms with Crippen molar-refractivity contribution in [1.82, 2.24) is 15.1 Å². The van der Waals surface area contributed by atoms with Crippen molar-refractivity contribution in [1.29, 1.82) is 0 Å². The molecule has 0 radical (unpaired) electrons. The molecule has 1 saturated carbocycles. The minimum absolute atomic E-state index is 0.114. The quantitative estimate of drug-likeness (QED) is 0.674. The van der Waals surface area contributed by atoms with E-state index in [1.54, 1.807) is 4.90 Å². The second-order valence-corrected chi connectivity index (χ2v) is 6.93. The summed E-state index contributed by atoms with van der Waals surface area (Å²) in [7, 11) is 0. The molecule has 1 saturated heterocycles. The van der Waals surface area contributed by atoms with Crippen LogP contribution in [0.1, 0.15) is 39.5 Å². The fraction of sp³-hybridized carbons (Fsp3) is 0.765. The number of carbonyl (C=O) groups is 4. The number of piperidine rings is 1. The summed E-state index contributed by atoms with van der Waals surface area (Å²) in [5.74, 6) is -1.72. The number of nitrogens with zero attached hydrogens (tertiary/aromatic N) is 2. The van der Waals surface area contributed by atoms with Crippen LogP contribution in [0.25, 0.3) is 0 Å². The van der Waals surface area contributed by atoms with Gasteiger partial charge in [-0.25, -0.2) is 4.79 Å². The molecule has 1 heterocycles. The molecule has 0 aromatic heterocycles. The number of carboxylic acid groups (broad SMARTS) is 1. The molecule has 2 rings (SSSR count). The van der Waals surface area contributed by atoms with E-state index in [1.807, 2.05) is 0 Å². The molecule has 1 aliphatic carbocycles. The van der Waals surface area contributed by atoms with Crippen LogP contribution in [0.4, 0.5) is 0 Å². The number of carbonyl (C=O) groups excluding carboxylic acids is 3. The molecule has 0 aromatic carbocycles. The molecule has 25 heavy (non-hydrogen) atoms. The maximum Gasteiger partial charge on any atom is 0.326 e. The number of rotatable bonds is 7. The van der Waals surface area contributed by atoms with E-state index in [0.29, 0.717) is 19.5 Å². The molecule has 2 aliphatic rings. The molecular formula is C17H27N3O5. The minimum Gasteiger partial charge on any atom is -0.480 e. The average Bonchev–Trinajstić information content (AvgIpc) is 3.41. The minimum atomic E-state index is -1.09. The Morgan fingerprint density at radius 1 is 1.20 bits per heavy atom. The van der Waals surface area contributed by atoms with Crippen LogP contribution < -0.4 is 5.32 Å². The Balaban J connectivity index is 2.01. The predicted octanol–water partition coefficient (Wildman–Crippen LogP) is 0.0728. The van der Waals surface area contributed by atoms with Gasteiger partial charge in [0.15, 0.2) is 0 Å². The highest BCUT2D eigenvalue weighted by Gasteiger charge is 2.38. The summed E-state index contributed by atoms with van der Waals surface area (Å²) in [6.07, 6.45) is 3.24. The lowest BCUT2D eigenvalue weighted by atomic mass is 9.95. The van der Waals surface area contributed by atoms with Gasteiger partial charge in [0.05, 0.1) is 5.92 Å². The smallest absolute Gasteiger partial charge is 0.326 e. The summed E-state index contributed by atoms with van der Waals surface area (Å²) >= 11 is 0. The van der Waals surface area contributed by atoms with Crippen LogP contribution in [0.2, 0.25) is 0 Å². The summed E-state index contributed by atoms with van der Waals surface area (Å²) in [5, 5.41) is 11.9. The number of hydrogen-bond donors (Lipinski definition) is 2. The van der Waals surface area contributed by atoms with Gasteiger partial charge in [-0.3, -0.25) is 14.4 Å². The predicted molar refractivity (Wildman–Crippen MR) is 89.5 cm³/mol. The SMILES string of the molecule is CC(=O)NCCN(C(=O)C1CCCN(C(=O)C2CC2)C1)C(C)C(=O)O. The van der Waals surface area contributed by atoms with Gasteiger partial charge in [-0.15, -0.1) is 0 Å². The van der Waals surface area contributed by atoms with Crippen molar-refractivity contribution < 1.29 is 24.3 Å². The molecule has 2 N–H and O–H groups in total. The summed E-state index contributed by atoms with van der Waals surface area (Å²) in [4.78, 5) is 50.5. The fourth-order valence-electron chi connectivity index (χ4n) is 3.18. The molecule has 2 unspecified atom stereocenters. The maximum atomic E-state index is 12.9. The van der Waals surface area contributed by atoms with E-state index >= 15 is 0 Å². The van der Waals surface area contributed by atoms with Crippen molar-refractivity contribution >= 4 is 23.7 Å². The molecule has 2 fully saturated rings. The molecule has 8 nitrogen and oxygen atoms in total. The van der Waals surface area contributed by atoms with Crippen molar-refractivity contribution in [2.75, 3.05) is 26.2 Å². The fourth-order valence-corrected chi connectivity index (χ4v) is 3.18. The molecule has 8 heteroatoms. The van der Waals surface area contributed by atoms with Gasteiger partial charge in [0, 0.05) is 39.0 Å². The summed E-state index contributed by atoms with van der Waals surface area (Å²) in [6, 6.07) is -0.976. The average molecular weight is 353 g/mol. The Morgan fingerprint density at radius 2 is 1.88 bits per heavy atom. The van der Waals surface area contributed by atoms with E-state index in [-0.39, 0.29) is 42.6 Å². The Kier molecular flexibility index (Phi) is 6.39. The summed E-state index contributed by atoms with van der Waals surface area (Å²) in [6.45, 7) is 4.20. The van der Waals surface area contributed by atoms with Gasteiger partial charge in [0.2, 0.25) is 17.7 Å². The van der Waals surface area contributed by atoms with Crippen LogP contribution in [0.5, 0.6) is 0 Å². The largest absolute Gasteiger partial charge is 0.480 e. The third-order valence-corrected chi connectivity index (χ3v) is 4.84. The summed E-state index contributed by atoms with van der Waals surface area (Å²) in [5.41, 5.74) is 0. The van der Waals surface area contributed by atoms with Gasteiger partial charge in [-0.1, -0.05) is 0 Å². The molecule has 140 valence electrons. The lowest BCUT2D eigenvalue weighted by Gasteiger charge is -2.36. The van der Waals surface area contributed by atoms with E-state index < -0.39 is 12.0 Å². The molecular weight excluding hydrogens is 326 g/mol. The van der Waals surface area contributed by atoms with Crippen molar-refractivity contribution in [3.63, 3.8) is 0 Å². The Labute approximate surface area is 147 Å². The van der Waals surface area contributed by atoms with Crippen LogP contribution in [0.3, 0.4) is 0 Å². The third-order valence-electron chi connectivity index (χ3n) is 4.84. The molecule has 0 spiro atoms. The first-order valence-electron chi connectivity index (χ1n) is 8.87. The van der Waals surface area contributed by atoms with E-state index in [2.05, 4.69) is 5.32 Å². The van der Waals surface area contributed by atoms with Gasteiger partial charge in [-0.2, -0.15) is 0 Å². The Hall–Kier alpha value is -2.12. The van der Waals surface area contributed by atoms with Crippen molar-refractivity contribution in [3.8, 4) is 0 Å². The lowest BCUT2D eigenvalue weighted by molar-refractivity contribution is -0.153. The highest BCUT2D eigenvalue weighted by Crippen LogP contribution is 2.32. The molecule has 3 amide bonds. The zero-order valence-corrected chi connectivity index (χ0v) is 14.9. The van der Waals surface area contributed by atoms with Crippen LogP contribution in [-0.4, -0.2) is 70.8 Å². The zero-order chi connectivity index (χ0) is 18.6. The van der Waals surface area contributed by atoms with Crippen LogP contribution >= 0.6 is 0 Å². The second kappa shape index (κ2) is 8.31. The Bertz CT molecular complexity index is 546. The first-order valence-corrected chi connectivity index (χ1v) is 8.87. The highest BCUT2D eigenvalue weighted by molar-refractivity contribution is 5.86. The number of carboxylic acids is 1. The number of amides is 3. The van der Waals surface area contributed by atoms with Crippen molar-refractivity contribution in [3.05, 3.63) is 0 Å². The van der Waals surface area contributed by atoms with E-state index in [1.165, 1.54) is 18.7 Å². The van der Waals surface area contributed by atoms with Crippen molar-refractivity contribution in [2.24, 2.45) is 11.8 Å². The molecule has 0 bridgehead atoms. The van der Waals surface area contributed by atoms with Gasteiger partial charge in [-0.05, 0) is 32.6 Å². The van der Waals surface area contributed by atoms with Gasteiger partial charge in [0.1, 0.15) is 6.04 Å². The van der Waals surface area contributed by atoms with E-state index in [4.69, 9.17) is 0 Å². The first kappa shape index (κ1) is 19.2. The zero-order valence-electron chi connectivity index (χ0n) is 14.9. The highest BCUT2D eigenvalue weighted by atomic mass is 16.4. The number of aliphatic carboxylic acids is 1. The van der Waals surface area contributed by atoms with E-state index in [0.717, 1.165) is 19.3 Å². The topological polar surface area (TPSA) is 107 Å². The third kappa shape index (κ3) is 5.17. The van der Waals surface area contributed by atoms with E-state index in [9.17, 15) is 24.3 Å². The lowest BCUT2D eigenvalue weighted by Crippen LogP contribution is -2.52. The van der Waals surface area contributed by atoms with Crippen molar-refractivity contribution in [2.45, 2.75) is 45.6 Å². The standard InChI is InChI=1S/C17H27N3O5/c1-11(17(24)25)20(9-7-18-12(2)21)16(23)14-4-3-8-19(10-14)15(22)13-5-6-13/h11,13-14H,3-10H2,1-2H3,(H,18,21)(H,24,25). The first-order chi connectivity index (χ1) is 11.8. The number of likely N-dealkylation sites (tertiary alicyclic amines) is 1. The normalized spacial score (nSPS) is 21.4. The van der Waals surface area contributed by atoms with Crippen LogP contribution in [-0.2, 0) is 19.2 Å². The van der Waals surface area contributed by atoms with Gasteiger partial charge >= 0.3 is 5.97 Å². The van der Waals surface area contributed by atoms with Crippen LogP contribution in [0.15, 0.2) is 0 Å². The number of hydrogen-bond acceptors (Lipinski definition) is 4. The molecule has 0 aromatic rings. The Morgan fingerprint density at radius 3 is 2.44 bits per heavy atom. The summed E-state index contributed by atoms with van der Waals surface area (Å²) < 4.78 is 0. The van der Waals surface area contributed by atoms with Gasteiger partial charge < -0.3 is 20.2 Å². The molecule has 2 atom stereocenters. The number of nitrogens with one attached hydrogen (secondary N) is 1. The second-order valence-electron chi connectivity index (χ2n) is 6.93. The molecule has 1 aliphatic heterocycles. The maximum absolute atomic E-state index is 12.9. The van der Waals surface area contributed by atoms with Crippen LogP contribution in [0, 0.1) is 11.8 Å².